The Hall–Kier alpha value is -0.380. The van der Waals surface area contributed by atoms with Gasteiger partial charge in [-0.2, -0.15) is 0 Å². The van der Waals surface area contributed by atoms with E-state index >= 15 is 0 Å². The summed E-state index contributed by atoms with van der Waals surface area (Å²) < 4.78 is 5.87. The van der Waals surface area contributed by atoms with Crippen molar-refractivity contribution >= 4 is 0 Å². The van der Waals surface area contributed by atoms with E-state index in [1.807, 2.05) is 0 Å². The van der Waals surface area contributed by atoms with Crippen LogP contribution < -0.4 is 5.73 Å². The number of rotatable bonds is 3. The maximum absolute atomic E-state index is 9.88. The van der Waals surface area contributed by atoms with E-state index < -0.39 is 11.9 Å². The lowest BCUT2D eigenvalue weighted by Crippen LogP contribution is -2.59. The molecule has 2 fully saturated rings. The standard InChI is InChI=1S/C14H25NO2/c1-9(2)13(16)17-14(3)11-6-4-5-10(7-11)8-12(14)15/h10-13,16H,1,4-8,15H2,2-3H3. The van der Waals surface area contributed by atoms with Gasteiger partial charge in [-0.1, -0.05) is 19.4 Å². The van der Waals surface area contributed by atoms with E-state index in [2.05, 4.69) is 13.5 Å². The zero-order valence-electron chi connectivity index (χ0n) is 11.0. The first-order valence-corrected chi connectivity index (χ1v) is 6.70. The molecule has 2 aliphatic rings. The first-order valence-electron chi connectivity index (χ1n) is 6.70. The number of aliphatic hydroxyl groups excluding tert-OH is 1. The second-order valence-corrected chi connectivity index (χ2v) is 6.07. The Morgan fingerprint density at radius 1 is 1.47 bits per heavy atom. The van der Waals surface area contributed by atoms with Crippen LogP contribution in [0, 0.1) is 11.8 Å². The minimum absolute atomic E-state index is 0.0283. The van der Waals surface area contributed by atoms with Crippen molar-refractivity contribution in [3.8, 4) is 0 Å². The quantitative estimate of drug-likeness (QED) is 0.586. The van der Waals surface area contributed by atoms with Crippen molar-refractivity contribution in [1.29, 1.82) is 0 Å². The second kappa shape index (κ2) is 4.71. The number of hydrogen-bond donors (Lipinski definition) is 2. The molecule has 5 unspecified atom stereocenters. The van der Waals surface area contributed by atoms with E-state index in [1.165, 1.54) is 25.7 Å². The lowest BCUT2D eigenvalue weighted by molar-refractivity contribution is -0.209. The number of fused-ring (bicyclic) bond motifs is 2. The van der Waals surface area contributed by atoms with Gasteiger partial charge in [0.15, 0.2) is 6.29 Å². The summed E-state index contributed by atoms with van der Waals surface area (Å²) in [4.78, 5) is 0. The molecular formula is C14H25NO2. The monoisotopic (exact) mass is 239 g/mol. The molecule has 2 bridgehead atoms. The van der Waals surface area contributed by atoms with Crippen LogP contribution in [0.4, 0.5) is 0 Å². The van der Waals surface area contributed by atoms with Crippen LogP contribution in [0.1, 0.15) is 46.0 Å². The molecule has 0 aromatic rings. The summed E-state index contributed by atoms with van der Waals surface area (Å²) in [6.45, 7) is 7.59. The molecule has 0 heterocycles. The molecule has 98 valence electrons. The summed E-state index contributed by atoms with van der Waals surface area (Å²) in [6.07, 6.45) is 5.09. The Kier molecular flexibility index (Phi) is 3.62. The zero-order valence-corrected chi connectivity index (χ0v) is 11.0. The molecule has 2 saturated carbocycles. The molecule has 17 heavy (non-hydrogen) atoms. The van der Waals surface area contributed by atoms with E-state index in [-0.39, 0.29) is 6.04 Å². The molecular weight excluding hydrogens is 214 g/mol. The molecule has 2 rings (SSSR count). The van der Waals surface area contributed by atoms with Crippen LogP contribution in [0.3, 0.4) is 0 Å². The molecule has 0 radical (unpaired) electrons. The highest BCUT2D eigenvalue weighted by Crippen LogP contribution is 2.47. The lowest BCUT2D eigenvalue weighted by Gasteiger charge is -2.51. The van der Waals surface area contributed by atoms with E-state index in [1.54, 1.807) is 6.92 Å². The Balaban J connectivity index is 2.12. The predicted molar refractivity (Wildman–Crippen MR) is 68.4 cm³/mol. The first-order chi connectivity index (χ1) is 7.93. The molecule has 3 nitrogen and oxygen atoms in total. The maximum Gasteiger partial charge on any atom is 0.177 e. The van der Waals surface area contributed by atoms with Crippen molar-refractivity contribution in [1.82, 2.24) is 0 Å². The van der Waals surface area contributed by atoms with Gasteiger partial charge in [-0.05, 0) is 50.5 Å². The highest BCUT2D eigenvalue weighted by Gasteiger charge is 2.48. The Bertz CT molecular complexity index is 303. The van der Waals surface area contributed by atoms with Gasteiger partial charge in [-0.3, -0.25) is 0 Å². The smallest absolute Gasteiger partial charge is 0.177 e. The Labute approximate surface area is 104 Å². The summed E-state index contributed by atoms with van der Waals surface area (Å²) in [5.41, 5.74) is 6.54. The van der Waals surface area contributed by atoms with Crippen molar-refractivity contribution in [3.05, 3.63) is 12.2 Å². The largest absolute Gasteiger partial charge is 0.364 e. The fourth-order valence-electron chi connectivity index (χ4n) is 3.45. The number of nitrogens with two attached hydrogens (primary N) is 1. The highest BCUT2D eigenvalue weighted by molar-refractivity contribution is 5.03. The van der Waals surface area contributed by atoms with Gasteiger partial charge in [0, 0.05) is 6.04 Å². The van der Waals surface area contributed by atoms with Crippen LogP contribution in [-0.2, 0) is 4.74 Å². The van der Waals surface area contributed by atoms with Gasteiger partial charge in [0.2, 0.25) is 0 Å². The first kappa shape index (κ1) is 13.1. The van der Waals surface area contributed by atoms with Gasteiger partial charge in [-0.25, -0.2) is 0 Å². The van der Waals surface area contributed by atoms with Gasteiger partial charge in [0.1, 0.15) is 0 Å². The molecule has 2 aliphatic carbocycles. The zero-order chi connectivity index (χ0) is 12.6. The summed E-state index contributed by atoms with van der Waals surface area (Å²) in [5.74, 6) is 1.25. The van der Waals surface area contributed by atoms with Crippen molar-refractivity contribution in [3.63, 3.8) is 0 Å². The summed E-state index contributed by atoms with van der Waals surface area (Å²) in [7, 11) is 0. The van der Waals surface area contributed by atoms with Crippen LogP contribution in [0.25, 0.3) is 0 Å². The molecule has 0 aromatic carbocycles. The Morgan fingerprint density at radius 2 is 2.18 bits per heavy atom. The molecule has 0 amide bonds. The van der Waals surface area contributed by atoms with Gasteiger partial charge in [-0.15, -0.1) is 0 Å². The summed E-state index contributed by atoms with van der Waals surface area (Å²) in [5, 5.41) is 9.88. The average molecular weight is 239 g/mol. The van der Waals surface area contributed by atoms with Crippen LogP contribution in [0.15, 0.2) is 12.2 Å². The van der Waals surface area contributed by atoms with Gasteiger partial charge in [0.05, 0.1) is 5.60 Å². The van der Waals surface area contributed by atoms with Crippen molar-refractivity contribution in [2.75, 3.05) is 0 Å². The topological polar surface area (TPSA) is 55.5 Å². The summed E-state index contributed by atoms with van der Waals surface area (Å²) in [6, 6.07) is 0.0283. The SMILES string of the molecule is C=C(C)C(O)OC1(C)C(N)CC2CCCC1C2. The number of aliphatic hydroxyl groups is 1. The minimum Gasteiger partial charge on any atom is -0.364 e. The molecule has 3 N–H and O–H groups in total. The van der Waals surface area contributed by atoms with E-state index in [4.69, 9.17) is 10.5 Å². The third-order valence-corrected chi connectivity index (χ3v) is 4.70. The van der Waals surface area contributed by atoms with Crippen LogP contribution in [-0.4, -0.2) is 23.0 Å². The maximum atomic E-state index is 9.88. The third kappa shape index (κ3) is 2.42. The highest BCUT2D eigenvalue weighted by atomic mass is 16.6. The molecule has 5 atom stereocenters. The van der Waals surface area contributed by atoms with Gasteiger partial charge in [0.25, 0.3) is 0 Å². The molecule has 0 aromatic heterocycles. The van der Waals surface area contributed by atoms with Gasteiger partial charge < -0.3 is 15.6 Å². The van der Waals surface area contributed by atoms with Crippen LogP contribution in [0.5, 0.6) is 0 Å². The van der Waals surface area contributed by atoms with Crippen molar-refractivity contribution in [2.24, 2.45) is 17.6 Å². The van der Waals surface area contributed by atoms with Crippen molar-refractivity contribution in [2.45, 2.75) is 63.9 Å². The third-order valence-electron chi connectivity index (χ3n) is 4.70. The average Bonchev–Trinajstić information content (AvgIpc) is 2.27. The minimum atomic E-state index is -0.885. The number of ether oxygens (including phenoxy) is 1. The fraction of sp³-hybridized carbons (Fsp3) is 0.857. The normalized spacial score (nSPS) is 43.2. The van der Waals surface area contributed by atoms with E-state index in [0.717, 1.165) is 12.3 Å². The Morgan fingerprint density at radius 3 is 2.82 bits per heavy atom. The predicted octanol–water partition coefficient (Wildman–Crippen LogP) is 2.19. The summed E-state index contributed by atoms with van der Waals surface area (Å²) >= 11 is 0. The van der Waals surface area contributed by atoms with Crippen LogP contribution >= 0.6 is 0 Å². The van der Waals surface area contributed by atoms with E-state index in [0.29, 0.717) is 11.5 Å². The molecule has 3 heteroatoms. The molecule has 0 spiro atoms. The van der Waals surface area contributed by atoms with Gasteiger partial charge >= 0.3 is 0 Å². The second-order valence-electron chi connectivity index (χ2n) is 6.07. The van der Waals surface area contributed by atoms with E-state index in [9.17, 15) is 5.11 Å². The fourth-order valence-corrected chi connectivity index (χ4v) is 3.45. The lowest BCUT2D eigenvalue weighted by atomic mass is 9.63. The number of hydrogen-bond acceptors (Lipinski definition) is 3. The molecule has 0 saturated heterocycles. The van der Waals surface area contributed by atoms with Crippen LogP contribution in [0.2, 0.25) is 0 Å². The molecule has 0 aliphatic heterocycles. The van der Waals surface area contributed by atoms with Crippen molar-refractivity contribution < 1.29 is 9.84 Å².